The van der Waals surface area contributed by atoms with E-state index in [0.29, 0.717) is 0 Å². The highest BCUT2D eigenvalue weighted by Crippen LogP contribution is 2.02. The lowest BCUT2D eigenvalue weighted by Crippen LogP contribution is -1.80. The smallest absolute Gasteiger partial charge is 0.116 e. The first-order valence-corrected chi connectivity index (χ1v) is 3.02. The van der Waals surface area contributed by atoms with Gasteiger partial charge < -0.3 is 0 Å². The number of halogens is 1. The van der Waals surface area contributed by atoms with Crippen molar-refractivity contribution in [3.63, 3.8) is 0 Å². The van der Waals surface area contributed by atoms with Gasteiger partial charge in [0, 0.05) is 5.69 Å². The van der Waals surface area contributed by atoms with E-state index in [1.807, 2.05) is 13.0 Å². The first-order valence-electron chi connectivity index (χ1n) is 2.23. The summed E-state index contributed by atoms with van der Waals surface area (Å²) in [6.45, 7) is 1.92. The summed E-state index contributed by atoms with van der Waals surface area (Å²) in [7, 11) is 0. The summed E-state index contributed by atoms with van der Waals surface area (Å²) in [5.74, 6) is 0. The van der Waals surface area contributed by atoms with Crippen LogP contribution in [0.15, 0.2) is 17.0 Å². The fraction of sp³-hybridized carbons (Fsp3) is 0.200. The predicted molar refractivity (Wildman–Crippen MR) is 34.5 cm³/mol. The van der Waals surface area contributed by atoms with E-state index in [-0.39, 0.29) is 0 Å². The summed E-state index contributed by atoms with van der Waals surface area (Å²) in [5, 5.41) is 0. The molecule has 0 unspecified atom stereocenters. The summed E-state index contributed by atoms with van der Waals surface area (Å²) in [4.78, 5) is 7.74. The Labute approximate surface area is 56.1 Å². The topological polar surface area (TPSA) is 25.8 Å². The van der Waals surface area contributed by atoms with Crippen LogP contribution in [0.1, 0.15) is 5.69 Å². The van der Waals surface area contributed by atoms with E-state index in [2.05, 4.69) is 25.9 Å². The summed E-state index contributed by atoms with van der Waals surface area (Å²) < 4.78 is 0.838. The first-order chi connectivity index (χ1) is 3.79. The molecule has 42 valence electrons. The van der Waals surface area contributed by atoms with E-state index in [0.717, 1.165) is 10.3 Å². The Morgan fingerprint density at radius 2 is 2.25 bits per heavy atom. The van der Waals surface area contributed by atoms with E-state index in [4.69, 9.17) is 0 Å². The molecule has 0 amide bonds. The molecule has 0 saturated heterocycles. The Morgan fingerprint density at radius 1 is 1.50 bits per heavy atom. The molecule has 8 heavy (non-hydrogen) atoms. The van der Waals surface area contributed by atoms with Crippen molar-refractivity contribution >= 4 is 15.9 Å². The molecule has 0 aliphatic carbocycles. The molecule has 1 rings (SSSR count). The highest BCUT2D eigenvalue weighted by Gasteiger charge is 1.85. The van der Waals surface area contributed by atoms with Gasteiger partial charge >= 0.3 is 0 Å². The molecule has 0 aliphatic heterocycles. The fourth-order valence-electron chi connectivity index (χ4n) is 0.422. The maximum atomic E-state index is 3.90. The van der Waals surface area contributed by atoms with E-state index in [1.165, 1.54) is 6.33 Å². The number of hydrogen-bond donors (Lipinski definition) is 0. The maximum absolute atomic E-state index is 3.90. The molecule has 1 aromatic heterocycles. The number of aryl methyl sites for hydroxylation is 1. The zero-order valence-electron chi connectivity index (χ0n) is 4.43. The Balaban J connectivity index is 3.08. The summed E-state index contributed by atoms with van der Waals surface area (Å²) in [5.41, 5.74) is 0.979. The molecule has 0 fully saturated rings. The van der Waals surface area contributed by atoms with Crippen LogP contribution in [0.4, 0.5) is 0 Å². The van der Waals surface area contributed by atoms with Gasteiger partial charge in [0.05, 0.1) is 0 Å². The van der Waals surface area contributed by atoms with Gasteiger partial charge in [-0.2, -0.15) is 0 Å². The maximum Gasteiger partial charge on any atom is 0.116 e. The van der Waals surface area contributed by atoms with Gasteiger partial charge in [0.2, 0.25) is 0 Å². The van der Waals surface area contributed by atoms with Crippen LogP contribution < -0.4 is 0 Å². The zero-order chi connectivity index (χ0) is 5.98. The highest BCUT2D eigenvalue weighted by atomic mass is 79.9. The van der Waals surface area contributed by atoms with E-state index in [1.54, 1.807) is 0 Å². The summed E-state index contributed by atoms with van der Waals surface area (Å²) >= 11 is 3.21. The van der Waals surface area contributed by atoms with Crippen molar-refractivity contribution in [1.82, 2.24) is 9.97 Å². The number of nitrogens with zero attached hydrogens (tertiary/aromatic N) is 2. The fourth-order valence-corrected chi connectivity index (χ4v) is 0.845. The van der Waals surface area contributed by atoms with Gasteiger partial charge in [0.25, 0.3) is 0 Å². The molecule has 1 aromatic rings. The molecule has 0 aliphatic rings. The molecular formula is C5H5BrN2. The van der Waals surface area contributed by atoms with Crippen LogP contribution in [-0.4, -0.2) is 9.97 Å². The lowest BCUT2D eigenvalue weighted by molar-refractivity contribution is 1.08. The second-order valence-electron chi connectivity index (χ2n) is 1.48. The normalized spacial score (nSPS) is 9.25. The van der Waals surface area contributed by atoms with Crippen molar-refractivity contribution in [2.24, 2.45) is 0 Å². The van der Waals surface area contributed by atoms with Gasteiger partial charge in [0.1, 0.15) is 10.9 Å². The van der Waals surface area contributed by atoms with Crippen molar-refractivity contribution in [2.75, 3.05) is 0 Å². The van der Waals surface area contributed by atoms with Gasteiger partial charge in [-0.05, 0) is 28.9 Å². The number of rotatable bonds is 0. The Morgan fingerprint density at radius 3 is 2.62 bits per heavy atom. The summed E-state index contributed by atoms with van der Waals surface area (Å²) in [6, 6.07) is 1.86. The van der Waals surface area contributed by atoms with Gasteiger partial charge in [-0.3, -0.25) is 0 Å². The molecular weight excluding hydrogens is 168 g/mol. The number of hydrogen-bond acceptors (Lipinski definition) is 2. The molecule has 3 heteroatoms. The number of aromatic nitrogens is 2. The third-order valence-corrected chi connectivity index (χ3v) is 1.20. The average Bonchev–Trinajstić information content (AvgIpc) is 1.64. The second kappa shape index (κ2) is 2.22. The average molecular weight is 173 g/mol. The van der Waals surface area contributed by atoms with Gasteiger partial charge in [0.15, 0.2) is 0 Å². The SMILES string of the molecule is Cc1cc(Br)ncn1. The quantitative estimate of drug-likeness (QED) is 0.556. The Bertz CT molecular complexity index is 170. The molecule has 0 N–H and O–H groups in total. The standard InChI is InChI=1S/C5H5BrN2/c1-4-2-5(6)8-3-7-4/h2-3H,1H3. The molecule has 0 radical (unpaired) electrons. The van der Waals surface area contributed by atoms with E-state index >= 15 is 0 Å². The lowest BCUT2D eigenvalue weighted by atomic mass is 10.5. The minimum atomic E-state index is 0.838. The lowest BCUT2D eigenvalue weighted by Gasteiger charge is -1.87. The van der Waals surface area contributed by atoms with Crippen LogP contribution in [0.2, 0.25) is 0 Å². The van der Waals surface area contributed by atoms with Crippen LogP contribution in [0.5, 0.6) is 0 Å². The third kappa shape index (κ3) is 1.26. The Kier molecular flexibility index (Phi) is 1.58. The van der Waals surface area contributed by atoms with Gasteiger partial charge in [-0.25, -0.2) is 9.97 Å². The predicted octanol–water partition coefficient (Wildman–Crippen LogP) is 1.55. The van der Waals surface area contributed by atoms with Crippen LogP contribution >= 0.6 is 15.9 Å². The minimum absolute atomic E-state index is 0.838. The minimum Gasteiger partial charge on any atom is -0.242 e. The second-order valence-corrected chi connectivity index (χ2v) is 2.29. The Hall–Kier alpha value is -0.440. The highest BCUT2D eigenvalue weighted by molar-refractivity contribution is 9.10. The van der Waals surface area contributed by atoms with Crippen molar-refractivity contribution in [3.8, 4) is 0 Å². The van der Waals surface area contributed by atoms with Gasteiger partial charge in [-0.15, -0.1) is 0 Å². The van der Waals surface area contributed by atoms with Crippen LogP contribution in [0, 0.1) is 6.92 Å². The van der Waals surface area contributed by atoms with E-state index in [9.17, 15) is 0 Å². The molecule has 0 bridgehead atoms. The molecule has 0 atom stereocenters. The van der Waals surface area contributed by atoms with Crippen LogP contribution in [-0.2, 0) is 0 Å². The molecule has 0 aromatic carbocycles. The van der Waals surface area contributed by atoms with Crippen molar-refractivity contribution in [1.29, 1.82) is 0 Å². The van der Waals surface area contributed by atoms with Crippen molar-refractivity contribution in [3.05, 3.63) is 22.7 Å². The summed E-state index contributed by atoms with van der Waals surface area (Å²) in [6.07, 6.45) is 1.53. The zero-order valence-corrected chi connectivity index (χ0v) is 6.01. The van der Waals surface area contributed by atoms with Crippen LogP contribution in [0.3, 0.4) is 0 Å². The van der Waals surface area contributed by atoms with Gasteiger partial charge in [-0.1, -0.05) is 0 Å². The van der Waals surface area contributed by atoms with Crippen molar-refractivity contribution < 1.29 is 0 Å². The monoisotopic (exact) mass is 172 g/mol. The molecule has 2 nitrogen and oxygen atoms in total. The third-order valence-electron chi connectivity index (χ3n) is 0.770. The van der Waals surface area contributed by atoms with Crippen molar-refractivity contribution in [2.45, 2.75) is 6.92 Å². The van der Waals surface area contributed by atoms with Crippen LogP contribution in [0.25, 0.3) is 0 Å². The first kappa shape index (κ1) is 5.69. The molecule has 0 saturated carbocycles. The largest absolute Gasteiger partial charge is 0.242 e. The molecule has 0 spiro atoms. The molecule has 1 heterocycles. The van der Waals surface area contributed by atoms with E-state index < -0.39 is 0 Å².